The molecule has 4 saturated carbocycles. The third-order valence-electron chi connectivity index (χ3n) is 7.09. The van der Waals surface area contributed by atoms with Crippen LogP contribution >= 0.6 is 11.8 Å². The van der Waals surface area contributed by atoms with Crippen molar-refractivity contribution >= 4 is 11.8 Å². The van der Waals surface area contributed by atoms with E-state index < -0.39 is 0 Å². The second-order valence-corrected chi connectivity index (χ2v) is 10.1. The molecule has 0 N–H and O–H groups in total. The van der Waals surface area contributed by atoms with E-state index in [9.17, 15) is 4.39 Å². The molecule has 0 spiro atoms. The monoisotopic (exact) mass is 385 g/mol. The minimum atomic E-state index is -0.182. The fourth-order valence-electron chi connectivity index (χ4n) is 6.44. The fraction of sp³-hybridized carbons (Fsp3) is 0.636. The highest BCUT2D eigenvalue weighted by Crippen LogP contribution is 2.61. The molecule has 144 valence electrons. The molecule has 0 radical (unpaired) electrons. The Morgan fingerprint density at radius 1 is 1.04 bits per heavy atom. The van der Waals surface area contributed by atoms with Crippen molar-refractivity contribution in [2.45, 2.75) is 69.3 Å². The maximum Gasteiger partial charge on any atom is 0.191 e. The molecule has 0 atom stereocenters. The molecular weight excluding hydrogens is 357 g/mol. The molecule has 1 aromatic carbocycles. The van der Waals surface area contributed by atoms with Crippen LogP contribution in [0.5, 0.6) is 0 Å². The first kappa shape index (κ1) is 17.7. The zero-order chi connectivity index (χ0) is 18.4. The summed E-state index contributed by atoms with van der Waals surface area (Å²) in [5, 5.41) is 10.1. The largest absolute Gasteiger partial charge is 0.306 e. The zero-order valence-electron chi connectivity index (χ0n) is 16.0. The van der Waals surface area contributed by atoms with E-state index >= 15 is 0 Å². The van der Waals surface area contributed by atoms with E-state index in [0.717, 1.165) is 47.2 Å². The molecule has 6 rings (SSSR count). The van der Waals surface area contributed by atoms with E-state index in [2.05, 4.69) is 21.7 Å². The smallest absolute Gasteiger partial charge is 0.191 e. The number of hydrogen-bond donors (Lipinski definition) is 0. The number of nitrogens with zero attached hydrogens (tertiary/aromatic N) is 3. The van der Waals surface area contributed by atoms with Crippen molar-refractivity contribution < 1.29 is 4.39 Å². The summed E-state index contributed by atoms with van der Waals surface area (Å²) in [7, 11) is 0. The third kappa shape index (κ3) is 3.43. The van der Waals surface area contributed by atoms with Crippen LogP contribution in [-0.4, -0.2) is 14.8 Å². The molecule has 1 aromatic heterocycles. The lowest BCUT2D eigenvalue weighted by Gasteiger charge is -2.56. The normalized spacial score (nSPS) is 31.6. The first-order valence-corrected chi connectivity index (χ1v) is 11.4. The SMILES string of the molecule is CCn1c(CC23CC4CC(CC(C4)C2)C3)nnc1SCc1ccc(F)cc1. The summed E-state index contributed by atoms with van der Waals surface area (Å²) in [5.74, 6) is 4.72. The van der Waals surface area contributed by atoms with Gasteiger partial charge >= 0.3 is 0 Å². The summed E-state index contributed by atoms with van der Waals surface area (Å²) in [6, 6.07) is 6.76. The Morgan fingerprint density at radius 3 is 2.26 bits per heavy atom. The van der Waals surface area contributed by atoms with Crippen LogP contribution in [0.1, 0.15) is 56.8 Å². The molecule has 1 heterocycles. The second-order valence-electron chi connectivity index (χ2n) is 9.15. The van der Waals surface area contributed by atoms with E-state index in [1.54, 1.807) is 11.8 Å². The first-order valence-electron chi connectivity index (χ1n) is 10.4. The molecule has 0 unspecified atom stereocenters. The van der Waals surface area contributed by atoms with Gasteiger partial charge in [-0.15, -0.1) is 10.2 Å². The van der Waals surface area contributed by atoms with Crippen LogP contribution < -0.4 is 0 Å². The van der Waals surface area contributed by atoms with Crippen molar-refractivity contribution in [2.24, 2.45) is 23.2 Å². The van der Waals surface area contributed by atoms with Crippen LogP contribution in [0.4, 0.5) is 4.39 Å². The Kier molecular flexibility index (Phi) is 4.53. The molecule has 4 aliphatic rings. The third-order valence-corrected chi connectivity index (χ3v) is 8.13. The quantitative estimate of drug-likeness (QED) is 0.616. The lowest BCUT2D eigenvalue weighted by Crippen LogP contribution is -2.47. The summed E-state index contributed by atoms with van der Waals surface area (Å²) in [5.41, 5.74) is 1.61. The standard InChI is InChI=1S/C22H28FN3S/c1-2-26-20(13-22-10-16-7-17(11-22)9-18(8-16)12-22)24-25-21(26)27-14-15-3-5-19(23)6-4-15/h3-6,16-18H,2,7-14H2,1H3. The van der Waals surface area contributed by atoms with Gasteiger partial charge in [-0.05, 0) is 86.3 Å². The molecule has 4 bridgehead atoms. The van der Waals surface area contributed by atoms with Gasteiger partial charge in [0.25, 0.3) is 0 Å². The molecule has 5 heteroatoms. The summed E-state index contributed by atoms with van der Waals surface area (Å²) in [4.78, 5) is 0. The fourth-order valence-corrected chi connectivity index (χ4v) is 7.42. The lowest BCUT2D eigenvalue weighted by molar-refractivity contribution is -0.0536. The van der Waals surface area contributed by atoms with Gasteiger partial charge in [-0.3, -0.25) is 0 Å². The average molecular weight is 386 g/mol. The summed E-state index contributed by atoms with van der Waals surface area (Å²) in [6.07, 6.45) is 9.79. The summed E-state index contributed by atoms with van der Waals surface area (Å²) in [6.45, 7) is 3.11. The van der Waals surface area contributed by atoms with Gasteiger partial charge in [0.1, 0.15) is 11.6 Å². The van der Waals surface area contributed by atoms with Crippen LogP contribution in [0.2, 0.25) is 0 Å². The van der Waals surface area contributed by atoms with Gasteiger partial charge in [-0.25, -0.2) is 4.39 Å². The Hall–Kier alpha value is -1.36. The van der Waals surface area contributed by atoms with Gasteiger partial charge in [0, 0.05) is 18.7 Å². The minimum absolute atomic E-state index is 0.182. The lowest BCUT2D eigenvalue weighted by atomic mass is 9.49. The Labute approximate surface area is 165 Å². The highest BCUT2D eigenvalue weighted by atomic mass is 32.2. The second kappa shape index (κ2) is 6.91. The van der Waals surface area contributed by atoms with Crippen molar-refractivity contribution in [1.29, 1.82) is 0 Å². The van der Waals surface area contributed by atoms with Crippen LogP contribution in [0.25, 0.3) is 0 Å². The van der Waals surface area contributed by atoms with Gasteiger partial charge in [-0.2, -0.15) is 0 Å². The predicted octanol–water partition coefficient (Wildman–Crippen LogP) is 5.49. The molecule has 3 nitrogen and oxygen atoms in total. The summed E-state index contributed by atoms with van der Waals surface area (Å²) >= 11 is 1.71. The van der Waals surface area contributed by atoms with Crippen LogP contribution in [-0.2, 0) is 18.7 Å². The first-order chi connectivity index (χ1) is 13.1. The number of hydrogen-bond acceptors (Lipinski definition) is 3. The maximum atomic E-state index is 13.1. The Bertz CT molecular complexity index is 778. The molecule has 0 amide bonds. The van der Waals surface area contributed by atoms with Gasteiger partial charge in [0.2, 0.25) is 0 Å². The van der Waals surface area contributed by atoms with Crippen LogP contribution in [0.15, 0.2) is 29.4 Å². The zero-order valence-corrected chi connectivity index (χ0v) is 16.8. The molecule has 0 saturated heterocycles. The summed E-state index contributed by atoms with van der Waals surface area (Å²) < 4.78 is 15.4. The van der Waals surface area contributed by atoms with Gasteiger partial charge in [0.05, 0.1) is 0 Å². The number of halogens is 1. The molecular formula is C22H28FN3S. The highest BCUT2D eigenvalue weighted by Gasteiger charge is 2.51. The molecule has 4 aliphatic carbocycles. The number of thioether (sulfide) groups is 1. The van der Waals surface area contributed by atoms with Crippen molar-refractivity contribution in [3.05, 3.63) is 41.5 Å². The molecule has 27 heavy (non-hydrogen) atoms. The van der Waals surface area contributed by atoms with Crippen LogP contribution in [0.3, 0.4) is 0 Å². The Balaban J connectivity index is 1.31. The van der Waals surface area contributed by atoms with Gasteiger partial charge in [0.15, 0.2) is 5.16 Å². The number of rotatable bonds is 6. The molecule has 0 aliphatic heterocycles. The van der Waals surface area contributed by atoms with Crippen molar-refractivity contribution in [3.63, 3.8) is 0 Å². The van der Waals surface area contributed by atoms with E-state index in [0.29, 0.717) is 5.41 Å². The molecule has 4 fully saturated rings. The van der Waals surface area contributed by atoms with Gasteiger partial charge in [-0.1, -0.05) is 23.9 Å². The molecule has 2 aromatic rings. The highest BCUT2D eigenvalue weighted by molar-refractivity contribution is 7.98. The average Bonchev–Trinajstić information content (AvgIpc) is 3.01. The van der Waals surface area contributed by atoms with E-state index in [-0.39, 0.29) is 5.82 Å². The van der Waals surface area contributed by atoms with E-state index in [4.69, 9.17) is 0 Å². The van der Waals surface area contributed by atoms with E-state index in [1.807, 2.05) is 12.1 Å². The predicted molar refractivity (Wildman–Crippen MR) is 106 cm³/mol. The van der Waals surface area contributed by atoms with Crippen molar-refractivity contribution in [1.82, 2.24) is 14.8 Å². The Morgan fingerprint density at radius 2 is 1.67 bits per heavy atom. The topological polar surface area (TPSA) is 30.7 Å². The number of benzene rings is 1. The minimum Gasteiger partial charge on any atom is -0.306 e. The maximum absolute atomic E-state index is 13.1. The van der Waals surface area contributed by atoms with E-state index in [1.165, 1.54) is 56.5 Å². The van der Waals surface area contributed by atoms with Crippen molar-refractivity contribution in [3.8, 4) is 0 Å². The van der Waals surface area contributed by atoms with Crippen molar-refractivity contribution in [2.75, 3.05) is 0 Å². The van der Waals surface area contributed by atoms with Crippen LogP contribution in [0, 0.1) is 29.0 Å². The van der Waals surface area contributed by atoms with Gasteiger partial charge < -0.3 is 4.57 Å². The number of aromatic nitrogens is 3.